The van der Waals surface area contributed by atoms with E-state index in [0.29, 0.717) is 12.6 Å². The molecule has 2 N–H and O–H groups in total. The summed E-state index contributed by atoms with van der Waals surface area (Å²) in [5.74, 6) is 0.826. The summed E-state index contributed by atoms with van der Waals surface area (Å²) < 4.78 is 1.89. The molecule has 2 heterocycles. The molecular formula is C22H27IN6. The number of hydrogen-bond acceptors (Lipinski definition) is 3. The van der Waals surface area contributed by atoms with Gasteiger partial charge in [0.25, 0.3) is 0 Å². The van der Waals surface area contributed by atoms with Crippen molar-refractivity contribution < 1.29 is 0 Å². The third-order valence-electron chi connectivity index (χ3n) is 4.99. The number of halogens is 1. The fourth-order valence-electron chi connectivity index (χ4n) is 3.50. The second-order valence-corrected chi connectivity index (χ2v) is 6.97. The van der Waals surface area contributed by atoms with Gasteiger partial charge in [0.1, 0.15) is 0 Å². The van der Waals surface area contributed by atoms with E-state index in [1.807, 2.05) is 54.5 Å². The molecule has 152 valence electrons. The first-order chi connectivity index (χ1) is 13.8. The van der Waals surface area contributed by atoms with Crippen LogP contribution in [0.15, 0.2) is 78.0 Å². The van der Waals surface area contributed by atoms with Gasteiger partial charge in [-0.25, -0.2) is 4.68 Å². The number of nitrogens with zero attached hydrogens (tertiary/aromatic N) is 4. The first-order valence-corrected chi connectivity index (χ1v) is 9.68. The number of para-hydroxylation sites is 2. The van der Waals surface area contributed by atoms with E-state index in [4.69, 9.17) is 0 Å². The van der Waals surface area contributed by atoms with Gasteiger partial charge in [-0.15, -0.1) is 24.0 Å². The zero-order chi connectivity index (χ0) is 19.2. The van der Waals surface area contributed by atoms with Gasteiger partial charge in [0, 0.05) is 50.2 Å². The average Bonchev–Trinajstić information content (AvgIpc) is 3.42. The highest BCUT2D eigenvalue weighted by Crippen LogP contribution is 2.19. The Hall–Kier alpha value is -2.55. The second kappa shape index (κ2) is 10.3. The maximum Gasteiger partial charge on any atom is 0.191 e. The SMILES string of the molecule is CN=C(NCc1cnn(-c2ccccc2)c1)NC1CCN(c2ccccc2)C1.I. The summed E-state index contributed by atoms with van der Waals surface area (Å²) >= 11 is 0. The zero-order valence-corrected chi connectivity index (χ0v) is 18.9. The molecule has 3 aromatic rings. The van der Waals surface area contributed by atoms with Crippen LogP contribution in [0.25, 0.3) is 5.69 Å². The highest BCUT2D eigenvalue weighted by molar-refractivity contribution is 14.0. The van der Waals surface area contributed by atoms with Gasteiger partial charge in [-0.1, -0.05) is 36.4 Å². The van der Waals surface area contributed by atoms with Crippen LogP contribution >= 0.6 is 24.0 Å². The van der Waals surface area contributed by atoms with E-state index < -0.39 is 0 Å². The van der Waals surface area contributed by atoms with Gasteiger partial charge in [0.2, 0.25) is 0 Å². The van der Waals surface area contributed by atoms with E-state index in [1.54, 1.807) is 0 Å². The summed E-state index contributed by atoms with van der Waals surface area (Å²) in [5, 5.41) is 11.4. The number of hydrogen-bond donors (Lipinski definition) is 2. The van der Waals surface area contributed by atoms with Gasteiger partial charge in [-0.2, -0.15) is 5.10 Å². The van der Waals surface area contributed by atoms with Gasteiger partial charge in [-0.05, 0) is 30.7 Å². The standard InChI is InChI=1S/C22H26N6.HI/c1-23-22(26-19-12-13-27(17-19)20-8-4-2-5-9-20)24-14-18-15-25-28(16-18)21-10-6-3-7-11-21;/h2-11,15-16,19H,12-14,17H2,1H3,(H2,23,24,26);1H. The third-order valence-corrected chi connectivity index (χ3v) is 4.99. The van der Waals surface area contributed by atoms with Crippen molar-refractivity contribution in [1.82, 2.24) is 20.4 Å². The lowest BCUT2D eigenvalue weighted by molar-refractivity contribution is 0.648. The van der Waals surface area contributed by atoms with E-state index >= 15 is 0 Å². The van der Waals surface area contributed by atoms with Gasteiger partial charge in [-0.3, -0.25) is 4.99 Å². The normalized spacial score (nSPS) is 16.4. The molecule has 1 saturated heterocycles. The lowest BCUT2D eigenvalue weighted by Gasteiger charge is -2.20. The predicted molar refractivity (Wildman–Crippen MR) is 129 cm³/mol. The number of aliphatic imine (C=N–C) groups is 1. The Morgan fingerprint density at radius 3 is 2.45 bits per heavy atom. The number of guanidine groups is 1. The van der Waals surface area contributed by atoms with Crippen LogP contribution in [0.5, 0.6) is 0 Å². The molecule has 29 heavy (non-hydrogen) atoms. The average molecular weight is 502 g/mol. The maximum atomic E-state index is 4.45. The lowest BCUT2D eigenvalue weighted by atomic mass is 10.2. The summed E-state index contributed by atoms with van der Waals surface area (Å²) in [5.41, 5.74) is 3.45. The van der Waals surface area contributed by atoms with Gasteiger partial charge in [0.15, 0.2) is 5.96 Å². The van der Waals surface area contributed by atoms with Crippen LogP contribution < -0.4 is 15.5 Å². The molecule has 6 nitrogen and oxygen atoms in total. The van der Waals surface area contributed by atoms with Gasteiger partial charge in [0.05, 0.1) is 11.9 Å². The highest BCUT2D eigenvalue weighted by Gasteiger charge is 2.23. The molecule has 0 bridgehead atoms. The van der Waals surface area contributed by atoms with Gasteiger partial charge >= 0.3 is 0 Å². The molecule has 1 atom stereocenters. The Morgan fingerprint density at radius 2 is 1.76 bits per heavy atom. The van der Waals surface area contributed by atoms with Crippen LogP contribution in [0.4, 0.5) is 5.69 Å². The maximum absolute atomic E-state index is 4.45. The molecule has 0 radical (unpaired) electrons. The summed E-state index contributed by atoms with van der Waals surface area (Å²) in [7, 11) is 1.81. The molecule has 1 aliphatic heterocycles. The summed E-state index contributed by atoms with van der Waals surface area (Å²) in [6.45, 7) is 2.72. The molecule has 0 saturated carbocycles. The Balaban J connectivity index is 0.00000240. The van der Waals surface area contributed by atoms with Crippen molar-refractivity contribution in [2.45, 2.75) is 19.0 Å². The van der Waals surface area contributed by atoms with E-state index in [-0.39, 0.29) is 24.0 Å². The lowest BCUT2D eigenvalue weighted by Crippen LogP contribution is -2.44. The molecule has 4 rings (SSSR count). The molecule has 1 aromatic heterocycles. The number of benzene rings is 2. The first-order valence-electron chi connectivity index (χ1n) is 9.68. The van der Waals surface area contributed by atoms with Crippen molar-refractivity contribution in [1.29, 1.82) is 0 Å². The largest absolute Gasteiger partial charge is 0.369 e. The van der Waals surface area contributed by atoms with Crippen molar-refractivity contribution in [3.05, 3.63) is 78.6 Å². The Labute approximate surface area is 189 Å². The quantitative estimate of drug-likeness (QED) is 0.319. The third kappa shape index (κ3) is 5.50. The smallest absolute Gasteiger partial charge is 0.191 e. The number of aromatic nitrogens is 2. The summed E-state index contributed by atoms with van der Waals surface area (Å²) in [6.07, 6.45) is 5.03. The molecule has 2 aromatic carbocycles. The Morgan fingerprint density at radius 1 is 1.07 bits per heavy atom. The van der Waals surface area contributed by atoms with Crippen LogP contribution in [-0.4, -0.2) is 41.9 Å². The van der Waals surface area contributed by atoms with E-state index in [0.717, 1.165) is 36.7 Å². The summed E-state index contributed by atoms with van der Waals surface area (Å²) in [6, 6.07) is 21.1. The van der Waals surface area contributed by atoms with E-state index in [9.17, 15) is 0 Å². The monoisotopic (exact) mass is 502 g/mol. The minimum atomic E-state index is 0. The molecule has 0 amide bonds. The minimum absolute atomic E-state index is 0. The molecular weight excluding hydrogens is 475 g/mol. The van der Waals surface area contributed by atoms with Crippen molar-refractivity contribution in [3.8, 4) is 5.69 Å². The Bertz CT molecular complexity index is 909. The predicted octanol–water partition coefficient (Wildman–Crippen LogP) is 3.43. The second-order valence-electron chi connectivity index (χ2n) is 6.97. The molecule has 0 spiro atoms. The molecule has 1 unspecified atom stereocenters. The van der Waals surface area contributed by atoms with E-state index in [1.165, 1.54) is 5.69 Å². The molecule has 1 fully saturated rings. The van der Waals surface area contributed by atoms with Crippen molar-refractivity contribution in [2.24, 2.45) is 4.99 Å². The van der Waals surface area contributed by atoms with Crippen molar-refractivity contribution in [3.63, 3.8) is 0 Å². The fourth-order valence-corrected chi connectivity index (χ4v) is 3.50. The molecule has 1 aliphatic rings. The molecule has 0 aliphatic carbocycles. The highest BCUT2D eigenvalue weighted by atomic mass is 127. The number of nitrogens with one attached hydrogen (secondary N) is 2. The zero-order valence-electron chi connectivity index (χ0n) is 16.5. The molecule has 7 heteroatoms. The van der Waals surface area contributed by atoms with Gasteiger partial charge < -0.3 is 15.5 Å². The van der Waals surface area contributed by atoms with Crippen LogP contribution in [-0.2, 0) is 6.54 Å². The van der Waals surface area contributed by atoms with Crippen LogP contribution in [0.1, 0.15) is 12.0 Å². The number of rotatable bonds is 5. The Kier molecular flexibility index (Phi) is 7.51. The minimum Gasteiger partial charge on any atom is -0.369 e. The van der Waals surface area contributed by atoms with Crippen LogP contribution in [0.2, 0.25) is 0 Å². The van der Waals surface area contributed by atoms with E-state index in [2.05, 4.69) is 56.0 Å². The van der Waals surface area contributed by atoms with Crippen molar-refractivity contribution >= 4 is 35.6 Å². The summed E-state index contributed by atoms with van der Waals surface area (Å²) in [4.78, 5) is 6.79. The van der Waals surface area contributed by atoms with Crippen LogP contribution in [0.3, 0.4) is 0 Å². The number of anilines is 1. The van der Waals surface area contributed by atoms with Crippen molar-refractivity contribution in [2.75, 3.05) is 25.0 Å². The first kappa shape index (κ1) is 21.2. The fraction of sp³-hybridized carbons (Fsp3) is 0.273. The topological polar surface area (TPSA) is 57.5 Å². The van der Waals surface area contributed by atoms with Crippen LogP contribution in [0, 0.1) is 0 Å².